The van der Waals surface area contributed by atoms with Crippen molar-refractivity contribution in [2.45, 2.75) is 13.8 Å². The summed E-state index contributed by atoms with van der Waals surface area (Å²) in [4.78, 5) is 9.81. The van der Waals surface area contributed by atoms with Crippen LogP contribution in [0.5, 0.6) is 5.75 Å². The lowest BCUT2D eigenvalue weighted by molar-refractivity contribution is -0.385. The van der Waals surface area contributed by atoms with Crippen LogP contribution in [0.2, 0.25) is 0 Å². The zero-order valence-electron chi connectivity index (χ0n) is 8.87. The van der Waals surface area contributed by atoms with Gasteiger partial charge in [0.25, 0.3) is 5.69 Å². The van der Waals surface area contributed by atoms with Crippen LogP contribution in [-0.2, 0) is 0 Å². The summed E-state index contributed by atoms with van der Waals surface area (Å²) in [5.74, 6) is -0.470. The number of nitro groups is 1. The summed E-state index contributed by atoms with van der Waals surface area (Å²) in [6, 6.07) is 2.07. The predicted octanol–water partition coefficient (Wildman–Crippen LogP) is 3.53. The summed E-state index contributed by atoms with van der Waals surface area (Å²) in [5.41, 5.74) is -0.304. The molecule has 1 rings (SSSR count). The molecule has 4 nitrogen and oxygen atoms in total. The number of nitrogens with zero attached hydrogens (tertiary/aromatic N) is 1. The summed E-state index contributed by atoms with van der Waals surface area (Å²) in [5, 5.41) is 10.5. The zero-order valence-corrected chi connectivity index (χ0v) is 10.5. The summed E-state index contributed by atoms with van der Waals surface area (Å²) in [6.07, 6.45) is 0. The smallest absolute Gasteiger partial charge is 0.273 e. The number of nitro benzene ring substituents is 1. The number of hydrogen-bond donors (Lipinski definition) is 0. The van der Waals surface area contributed by atoms with E-state index in [2.05, 4.69) is 15.9 Å². The van der Waals surface area contributed by atoms with Crippen LogP contribution in [0.3, 0.4) is 0 Å². The maximum atomic E-state index is 13.5. The van der Waals surface area contributed by atoms with Gasteiger partial charge >= 0.3 is 0 Å². The highest BCUT2D eigenvalue weighted by Crippen LogP contribution is 2.32. The molecule has 16 heavy (non-hydrogen) atoms. The lowest BCUT2D eigenvalue weighted by atomic mass is 10.2. The Bertz CT molecular complexity index is 386. The minimum atomic E-state index is -0.735. The van der Waals surface area contributed by atoms with E-state index in [1.807, 2.05) is 13.8 Å². The number of halogens is 2. The van der Waals surface area contributed by atoms with Gasteiger partial charge in [-0.05, 0) is 21.8 Å². The molecule has 0 atom stereocenters. The van der Waals surface area contributed by atoms with Crippen molar-refractivity contribution in [3.05, 3.63) is 32.5 Å². The molecular weight excluding hydrogens is 281 g/mol. The van der Waals surface area contributed by atoms with Crippen molar-refractivity contribution >= 4 is 21.6 Å². The second-order valence-corrected chi connectivity index (χ2v) is 4.55. The highest BCUT2D eigenvalue weighted by Gasteiger charge is 2.16. The van der Waals surface area contributed by atoms with E-state index in [4.69, 9.17) is 4.74 Å². The molecule has 0 aromatic heterocycles. The molecule has 0 heterocycles. The van der Waals surface area contributed by atoms with Crippen molar-refractivity contribution in [3.8, 4) is 5.75 Å². The lowest BCUT2D eigenvalue weighted by Gasteiger charge is -2.10. The van der Waals surface area contributed by atoms with Crippen LogP contribution in [0.4, 0.5) is 10.1 Å². The molecule has 0 radical (unpaired) electrons. The van der Waals surface area contributed by atoms with Gasteiger partial charge in [-0.25, -0.2) is 4.39 Å². The van der Waals surface area contributed by atoms with E-state index in [1.54, 1.807) is 0 Å². The molecule has 6 heteroatoms. The molecule has 1 aromatic carbocycles. The van der Waals surface area contributed by atoms with Crippen molar-refractivity contribution in [3.63, 3.8) is 0 Å². The average Bonchev–Trinajstić information content (AvgIpc) is 2.15. The number of hydrogen-bond acceptors (Lipinski definition) is 3. The molecule has 0 bridgehead atoms. The molecule has 0 N–H and O–H groups in total. The molecule has 0 unspecified atom stereocenters. The van der Waals surface area contributed by atoms with Gasteiger partial charge in [-0.2, -0.15) is 0 Å². The van der Waals surface area contributed by atoms with Gasteiger partial charge in [0.15, 0.2) is 11.6 Å². The van der Waals surface area contributed by atoms with Gasteiger partial charge in [-0.3, -0.25) is 10.1 Å². The first-order valence-electron chi connectivity index (χ1n) is 4.68. The fourth-order valence-electron chi connectivity index (χ4n) is 1.04. The fraction of sp³-hybridized carbons (Fsp3) is 0.400. The molecule has 0 saturated carbocycles. The first-order valence-corrected chi connectivity index (χ1v) is 5.47. The van der Waals surface area contributed by atoms with Crippen LogP contribution in [0, 0.1) is 21.8 Å². The Morgan fingerprint density at radius 1 is 1.56 bits per heavy atom. The molecule has 0 fully saturated rings. The van der Waals surface area contributed by atoms with Crippen LogP contribution in [0.1, 0.15) is 13.8 Å². The predicted molar refractivity (Wildman–Crippen MR) is 61.1 cm³/mol. The van der Waals surface area contributed by atoms with E-state index in [0.29, 0.717) is 6.61 Å². The van der Waals surface area contributed by atoms with Gasteiger partial charge in [0.2, 0.25) is 0 Å². The minimum absolute atomic E-state index is 0.0132. The molecule has 0 aliphatic carbocycles. The maximum absolute atomic E-state index is 13.5. The van der Waals surface area contributed by atoms with E-state index < -0.39 is 10.7 Å². The summed E-state index contributed by atoms with van der Waals surface area (Å²) in [7, 11) is 0. The van der Waals surface area contributed by atoms with Gasteiger partial charge in [-0.1, -0.05) is 13.8 Å². The van der Waals surface area contributed by atoms with E-state index in [-0.39, 0.29) is 21.8 Å². The normalized spacial score (nSPS) is 10.6. The van der Waals surface area contributed by atoms with E-state index in [9.17, 15) is 14.5 Å². The third kappa shape index (κ3) is 3.16. The molecule has 0 aliphatic heterocycles. The Morgan fingerprint density at radius 2 is 2.19 bits per heavy atom. The molecule has 0 saturated heterocycles. The molecule has 0 aliphatic rings. The molecule has 88 valence electrons. The summed E-state index contributed by atoms with van der Waals surface area (Å²) in [6.45, 7) is 4.21. The summed E-state index contributed by atoms with van der Waals surface area (Å²) >= 11 is 3.05. The molecule has 0 spiro atoms. The zero-order chi connectivity index (χ0) is 12.3. The van der Waals surface area contributed by atoms with Gasteiger partial charge < -0.3 is 4.74 Å². The average molecular weight is 292 g/mol. The Balaban J connectivity index is 2.98. The number of benzene rings is 1. The van der Waals surface area contributed by atoms with Crippen molar-refractivity contribution in [1.82, 2.24) is 0 Å². The molecule has 0 amide bonds. The van der Waals surface area contributed by atoms with Crippen molar-refractivity contribution < 1.29 is 14.1 Å². The van der Waals surface area contributed by atoms with Crippen LogP contribution in [0.25, 0.3) is 0 Å². The Hall–Kier alpha value is -1.17. The number of non-ortho nitro benzene ring substituents is 1. The fourth-order valence-corrected chi connectivity index (χ4v) is 1.58. The molecular formula is C10H11BrFNO3. The topological polar surface area (TPSA) is 52.4 Å². The highest BCUT2D eigenvalue weighted by molar-refractivity contribution is 9.10. The number of ether oxygens (including phenoxy) is 1. The van der Waals surface area contributed by atoms with E-state index in [0.717, 1.165) is 6.07 Å². The van der Waals surface area contributed by atoms with Crippen LogP contribution < -0.4 is 4.74 Å². The first-order chi connectivity index (χ1) is 7.41. The summed E-state index contributed by atoms with van der Waals surface area (Å²) < 4.78 is 18.9. The minimum Gasteiger partial charge on any atom is -0.489 e. The van der Waals surface area contributed by atoms with Gasteiger partial charge in [0.1, 0.15) is 0 Å². The quantitative estimate of drug-likeness (QED) is 0.630. The number of rotatable bonds is 4. The van der Waals surface area contributed by atoms with Crippen molar-refractivity contribution in [2.24, 2.45) is 5.92 Å². The Labute approximate surface area is 101 Å². The van der Waals surface area contributed by atoms with E-state index >= 15 is 0 Å². The Kier molecular flexibility index (Phi) is 4.23. The monoisotopic (exact) mass is 291 g/mol. The standard InChI is InChI=1S/C10H11BrFNO3/c1-6(2)5-16-10-8(11)3-7(13(14)15)4-9(10)12/h3-4,6H,5H2,1-2H3. The van der Waals surface area contributed by atoms with Crippen LogP contribution >= 0.6 is 15.9 Å². The lowest BCUT2D eigenvalue weighted by Crippen LogP contribution is -2.06. The third-order valence-electron chi connectivity index (χ3n) is 1.75. The SMILES string of the molecule is CC(C)COc1c(F)cc([N+](=O)[O-])cc1Br. The van der Waals surface area contributed by atoms with Gasteiger partial charge in [-0.15, -0.1) is 0 Å². The third-order valence-corrected chi connectivity index (χ3v) is 2.34. The largest absolute Gasteiger partial charge is 0.489 e. The van der Waals surface area contributed by atoms with Crippen LogP contribution in [-0.4, -0.2) is 11.5 Å². The van der Waals surface area contributed by atoms with Gasteiger partial charge in [0, 0.05) is 6.07 Å². The maximum Gasteiger partial charge on any atom is 0.273 e. The highest BCUT2D eigenvalue weighted by atomic mass is 79.9. The van der Waals surface area contributed by atoms with Gasteiger partial charge in [0.05, 0.1) is 22.1 Å². The molecule has 1 aromatic rings. The first kappa shape index (κ1) is 12.9. The second-order valence-electron chi connectivity index (χ2n) is 3.70. The van der Waals surface area contributed by atoms with E-state index in [1.165, 1.54) is 6.07 Å². The van der Waals surface area contributed by atoms with Crippen molar-refractivity contribution in [2.75, 3.05) is 6.61 Å². The second kappa shape index (κ2) is 5.25. The van der Waals surface area contributed by atoms with Crippen molar-refractivity contribution in [1.29, 1.82) is 0 Å². The van der Waals surface area contributed by atoms with Crippen LogP contribution in [0.15, 0.2) is 16.6 Å². The Morgan fingerprint density at radius 3 is 2.62 bits per heavy atom.